The third-order valence-corrected chi connectivity index (χ3v) is 14.9. The Balaban J connectivity index is 0.869. The lowest BCUT2D eigenvalue weighted by Gasteiger charge is -2.36. The van der Waals surface area contributed by atoms with Crippen LogP contribution in [0, 0.1) is 5.41 Å². The van der Waals surface area contributed by atoms with Gasteiger partial charge in [0, 0.05) is 89.5 Å². The number of aromatic nitrogens is 8. The van der Waals surface area contributed by atoms with Crippen molar-refractivity contribution in [1.29, 1.82) is 0 Å². The largest absolute Gasteiger partial charge is 0.416 e. The summed E-state index contributed by atoms with van der Waals surface area (Å²) in [6, 6.07) is 15.1. The zero-order valence-corrected chi connectivity index (χ0v) is 46.1. The van der Waals surface area contributed by atoms with Crippen LogP contribution in [0.15, 0.2) is 132 Å². The highest BCUT2D eigenvalue weighted by Gasteiger charge is 2.37. The number of amides is 4. The summed E-state index contributed by atoms with van der Waals surface area (Å²) in [5.41, 5.74) is 3.51. The predicted molar refractivity (Wildman–Crippen MR) is 299 cm³/mol. The minimum absolute atomic E-state index is 0.0337. The van der Waals surface area contributed by atoms with Crippen molar-refractivity contribution < 1.29 is 50.3 Å². The standard InChI is InChI=1S/C58H58F6N16O5/c1-55(2)16-15-39(72-52(82)33-6-4-8-35(20-33)57(59,60)61)23-44(55)74-50-25-42(77-80(50)48-27-46(67-31-69-48)71-38-12-13-38)54(84)78-18-19-85-40(29-78)22-32-14-17-56(3,75-53(83)34-7-5-9-36(21-34)58(62,63)64)28-43(32)73-49-24-41(51(65)81)76-79(49)47-26-45(66-30-68-47)70-37-10-11-37/h4-9,14-15,20-21,23-28,30-31,37-38,40,73-74H,10-13,16-19,22,29H2,1-3H3,(H2,65,81)(H,72,82)(H,75,83)(H,66,68,70)(H,67,69,71). The van der Waals surface area contributed by atoms with Crippen LogP contribution in [-0.4, -0.2) is 111 Å². The Kier molecular flexibility index (Phi) is 15.3. The summed E-state index contributed by atoms with van der Waals surface area (Å²) in [6.07, 6.45) is 4.40. The SMILES string of the molecule is CC1(NC(=O)c2cccc(C(F)(F)F)c2)C=C(Nc2cc(C(N)=O)nn2-c2cc(NC3CC3)ncn2)C(CC2CN(C(=O)c3cc(NC4=CC(NC(=O)c5cccc(C(F)(F)F)c5)=CCC4(C)C)n(-c4cc(NC5CC5)ncn4)n3)CCO2)=CC1. The summed E-state index contributed by atoms with van der Waals surface area (Å²) in [5, 5.41) is 28.4. The molecule has 6 aromatic rings. The van der Waals surface area contributed by atoms with E-state index in [1.165, 1.54) is 46.3 Å². The molecule has 3 fully saturated rings. The van der Waals surface area contributed by atoms with E-state index < -0.39 is 64.2 Å². The Bertz CT molecular complexity index is 3750. The van der Waals surface area contributed by atoms with Gasteiger partial charge in [-0.3, -0.25) is 19.2 Å². The van der Waals surface area contributed by atoms with Gasteiger partial charge in [-0.15, -0.1) is 0 Å². The van der Waals surface area contributed by atoms with E-state index >= 15 is 0 Å². The molecule has 21 nitrogen and oxygen atoms in total. The first kappa shape index (κ1) is 57.4. The third kappa shape index (κ3) is 13.5. The number of halogens is 6. The number of benzene rings is 2. The van der Waals surface area contributed by atoms with Gasteiger partial charge in [-0.2, -0.15) is 45.9 Å². The van der Waals surface area contributed by atoms with E-state index in [1.54, 1.807) is 48.3 Å². The number of allylic oxidation sites excluding steroid dienone is 4. The van der Waals surface area contributed by atoms with Crippen LogP contribution in [0.3, 0.4) is 0 Å². The lowest BCUT2D eigenvalue weighted by molar-refractivity contribution is -0.138. The van der Waals surface area contributed by atoms with E-state index in [9.17, 15) is 45.5 Å². The van der Waals surface area contributed by atoms with Gasteiger partial charge in [0.1, 0.15) is 35.9 Å². The number of carbonyl (C=O) groups excluding carboxylic acids is 4. The van der Waals surface area contributed by atoms with Crippen LogP contribution in [0.2, 0.25) is 0 Å². The zero-order chi connectivity index (χ0) is 60.0. The van der Waals surface area contributed by atoms with E-state index in [0.29, 0.717) is 52.4 Å². The third-order valence-electron chi connectivity index (χ3n) is 14.9. The average molecular weight is 1170 g/mol. The first-order chi connectivity index (χ1) is 40.4. The maximum atomic E-state index is 14.8. The van der Waals surface area contributed by atoms with Gasteiger partial charge in [-0.1, -0.05) is 38.1 Å². The molecule has 0 spiro atoms. The zero-order valence-electron chi connectivity index (χ0n) is 46.1. The molecule has 4 amide bonds. The summed E-state index contributed by atoms with van der Waals surface area (Å²) in [5.74, 6) is -0.582. The first-order valence-electron chi connectivity index (χ1n) is 27.4. The van der Waals surface area contributed by atoms with Crippen molar-refractivity contribution in [3.63, 3.8) is 0 Å². The molecule has 8 N–H and O–H groups in total. The molecule has 2 saturated carbocycles. The van der Waals surface area contributed by atoms with E-state index in [2.05, 4.69) is 56.9 Å². The van der Waals surface area contributed by atoms with Gasteiger partial charge >= 0.3 is 12.4 Å². The Hall–Kier alpha value is -9.40. The number of morpholine rings is 1. The number of nitrogens with zero attached hydrogens (tertiary/aromatic N) is 9. The molecule has 2 aromatic carbocycles. The molecule has 5 heterocycles. The molecule has 85 heavy (non-hydrogen) atoms. The Morgan fingerprint density at radius 3 is 1.87 bits per heavy atom. The smallest absolute Gasteiger partial charge is 0.374 e. The predicted octanol–water partition coefficient (Wildman–Crippen LogP) is 8.71. The molecule has 1 saturated heterocycles. The fourth-order valence-electron chi connectivity index (χ4n) is 9.88. The van der Waals surface area contributed by atoms with Crippen LogP contribution in [0.25, 0.3) is 11.6 Å². The number of primary amides is 1. The number of ether oxygens (including phenoxy) is 1. The molecule has 2 unspecified atom stereocenters. The highest BCUT2D eigenvalue weighted by molar-refractivity contribution is 5.97. The minimum atomic E-state index is -4.69. The Morgan fingerprint density at radius 2 is 1.28 bits per heavy atom. The van der Waals surface area contributed by atoms with Crippen molar-refractivity contribution in [2.45, 2.75) is 102 Å². The second-order valence-corrected chi connectivity index (χ2v) is 22.4. The Labute approximate surface area is 482 Å². The van der Waals surface area contributed by atoms with Crippen LogP contribution in [0.5, 0.6) is 0 Å². The van der Waals surface area contributed by atoms with Crippen molar-refractivity contribution in [3.8, 4) is 11.6 Å². The van der Waals surface area contributed by atoms with Gasteiger partial charge in [0.25, 0.3) is 23.6 Å². The maximum Gasteiger partial charge on any atom is 0.416 e. The minimum Gasteiger partial charge on any atom is -0.374 e. The lowest BCUT2D eigenvalue weighted by Crippen LogP contribution is -2.47. The molecule has 442 valence electrons. The molecule has 2 atom stereocenters. The number of nitrogens with two attached hydrogens (primary N) is 1. The van der Waals surface area contributed by atoms with Crippen LogP contribution >= 0.6 is 0 Å². The van der Waals surface area contributed by atoms with Gasteiger partial charge in [0.2, 0.25) is 0 Å². The number of nitrogens with one attached hydrogen (secondary N) is 6. The number of rotatable bonds is 18. The number of anilines is 4. The van der Waals surface area contributed by atoms with E-state index in [-0.39, 0.29) is 78.8 Å². The quantitative estimate of drug-likeness (QED) is 0.0397. The van der Waals surface area contributed by atoms with Gasteiger partial charge in [-0.25, -0.2) is 19.9 Å². The van der Waals surface area contributed by atoms with Crippen LogP contribution in [0.1, 0.15) is 119 Å². The molecule has 4 aromatic heterocycles. The van der Waals surface area contributed by atoms with Crippen molar-refractivity contribution in [2.24, 2.45) is 11.1 Å². The first-order valence-corrected chi connectivity index (χ1v) is 27.4. The normalized spacial score (nSPS) is 19.6. The average Bonchev–Trinajstić information content (AvgIpc) is 3.92. The molecule has 11 rings (SSSR count). The maximum absolute atomic E-state index is 14.8. The van der Waals surface area contributed by atoms with Crippen molar-refractivity contribution in [3.05, 3.63) is 166 Å². The van der Waals surface area contributed by atoms with Crippen molar-refractivity contribution in [2.75, 3.05) is 41.0 Å². The van der Waals surface area contributed by atoms with Crippen LogP contribution in [0.4, 0.5) is 49.6 Å². The fourth-order valence-corrected chi connectivity index (χ4v) is 9.88. The van der Waals surface area contributed by atoms with Gasteiger partial charge < -0.3 is 47.3 Å². The molecule has 0 radical (unpaired) electrons. The highest BCUT2D eigenvalue weighted by atomic mass is 19.4. The molecular formula is C58H58F6N16O5. The van der Waals surface area contributed by atoms with E-state index in [0.717, 1.165) is 56.0 Å². The van der Waals surface area contributed by atoms with Gasteiger partial charge in [0.15, 0.2) is 23.0 Å². The van der Waals surface area contributed by atoms with Gasteiger partial charge in [0.05, 0.1) is 29.4 Å². The molecule has 1 aliphatic heterocycles. The number of hydrogen-bond acceptors (Lipinski definition) is 15. The summed E-state index contributed by atoms with van der Waals surface area (Å²) in [4.78, 5) is 73.9. The van der Waals surface area contributed by atoms with Crippen molar-refractivity contribution in [1.82, 2.24) is 55.0 Å². The van der Waals surface area contributed by atoms with E-state index in [4.69, 9.17) is 15.6 Å². The molecule has 27 heteroatoms. The van der Waals surface area contributed by atoms with Crippen LogP contribution in [-0.2, 0) is 17.1 Å². The molecule has 4 aliphatic carbocycles. The molecule has 0 bridgehead atoms. The number of alkyl halides is 6. The Morgan fingerprint density at radius 1 is 0.706 bits per heavy atom. The molecule has 5 aliphatic rings. The van der Waals surface area contributed by atoms with E-state index in [1.807, 2.05) is 19.9 Å². The van der Waals surface area contributed by atoms with Gasteiger partial charge in [-0.05, 0) is 99.6 Å². The number of hydrogen-bond donors (Lipinski definition) is 7. The lowest BCUT2D eigenvalue weighted by atomic mass is 9.81. The fraction of sp³-hybridized carbons (Fsp3) is 0.345. The van der Waals surface area contributed by atoms with Crippen LogP contribution < -0.4 is 37.6 Å². The second kappa shape index (κ2) is 22.6. The summed E-state index contributed by atoms with van der Waals surface area (Å²) >= 11 is 0. The molecular weight excluding hydrogens is 1110 g/mol. The van der Waals surface area contributed by atoms with Crippen molar-refractivity contribution >= 4 is 46.9 Å². The summed E-state index contributed by atoms with van der Waals surface area (Å²) in [6.45, 7) is 5.99. The highest BCUT2D eigenvalue weighted by Crippen LogP contribution is 2.39. The summed E-state index contributed by atoms with van der Waals surface area (Å²) < 4.78 is 91.1. The number of carbonyl (C=O) groups is 4. The summed E-state index contributed by atoms with van der Waals surface area (Å²) in [7, 11) is 0. The monoisotopic (exact) mass is 1170 g/mol. The topological polar surface area (TPSA) is 266 Å². The second-order valence-electron chi connectivity index (χ2n) is 22.4.